The second-order valence-electron chi connectivity index (χ2n) is 3.59. The highest BCUT2D eigenvalue weighted by Crippen LogP contribution is 2.25. The van der Waals surface area contributed by atoms with E-state index in [1.54, 1.807) is 0 Å². The van der Waals surface area contributed by atoms with E-state index in [0.29, 0.717) is 0 Å². The summed E-state index contributed by atoms with van der Waals surface area (Å²) >= 11 is 5.61. The molecule has 0 aliphatic carbocycles. The van der Waals surface area contributed by atoms with Crippen molar-refractivity contribution in [1.82, 2.24) is 0 Å². The molecule has 0 spiro atoms. The minimum Gasteiger partial charge on any atom is -0.481 e. The van der Waals surface area contributed by atoms with E-state index < -0.39 is 10.9 Å². The van der Waals surface area contributed by atoms with Crippen molar-refractivity contribution in [3.8, 4) is 0 Å². The molecule has 6 nitrogen and oxygen atoms in total. The summed E-state index contributed by atoms with van der Waals surface area (Å²) < 4.78 is 0. The molecule has 7 heteroatoms. The predicted molar refractivity (Wildman–Crippen MR) is 63.9 cm³/mol. The number of nitro benzene ring substituents is 1. The molecular weight excluding hydrogens is 262 g/mol. The summed E-state index contributed by atoms with van der Waals surface area (Å²) in [6, 6.07) is 3.77. The Kier molecular flexibility index (Phi) is 4.79. The third kappa shape index (κ3) is 3.81. The van der Waals surface area contributed by atoms with Crippen LogP contribution < -0.4 is 0 Å². The van der Waals surface area contributed by atoms with Crippen LogP contribution in [0.2, 0.25) is 5.02 Å². The number of ketones is 1. The molecule has 1 aromatic carbocycles. The maximum atomic E-state index is 11.7. The van der Waals surface area contributed by atoms with Crippen LogP contribution in [0, 0.1) is 10.1 Å². The number of carboxylic acids is 1. The summed E-state index contributed by atoms with van der Waals surface area (Å²) in [6.07, 6.45) is 0.122. The molecule has 18 heavy (non-hydrogen) atoms. The number of aliphatic carboxylic acids is 1. The third-order valence-electron chi connectivity index (χ3n) is 2.26. The molecule has 0 saturated carbocycles. The highest BCUT2D eigenvalue weighted by atomic mass is 35.5. The zero-order valence-corrected chi connectivity index (χ0v) is 10.0. The minimum absolute atomic E-state index is 0.0328. The number of hydrogen-bond acceptors (Lipinski definition) is 4. The van der Waals surface area contributed by atoms with Crippen molar-refractivity contribution in [2.75, 3.05) is 0 Å². The van der Waals surface area contributed by atoms with E-state index in [1.807, 2.05) is 0 Å². The van der Waals surface area contributed by atoms with Crippen molar-refractivity contribution >= 4 is 29.0 Å². The average molecular weight is 272 g/mol. The van der Waals surface area contributed by atoms with Crippen LogP contribution in [0.1, 0.15) is 29.6 Å². The lowest BCUT2D eigenvalue weighted by Crippen LogP contribution is -2.02. The van der Waals surface area contributed by atoms with Crippen LogP contribution in [0.25, 0.3) is 0 Å². The highest BCUT2D eigenvalue weighted by Gasteiger charge is 2.16. The van der Waals surface area contributed by atoms with Crippen molar-refractivity contribution in [3.63, 3.8) is 0 Å². The van der Waals surface area contributed by atoms with Crippen molar-refractivity contribution in [3.05, 3.63) is 38.9 Å². The van der Waals surface area contributed by atoms with Crippen LogP contribution >= 0.6 is 11.6 Å². The van der Waals surface area contributed by atoms with Gasteiger partial charge in [-0.25, -0.2) is 0 Å². The molecule has 96 valence electrons. The first kappa shape index (κ1) is 14.1. The second-order valence-corrected chi connectivity index (χ2v) is 4.00. The zero-order valence-electron chi connectivity index (χ0n) is 9.26. The Morgan fingerprint density at radius 3 is 2.56 bits per heavy atom. The number of halogens is 1. The van der Waals surface area contributed by atoms with Gasteiger partial charge in [-0.15, -0.1) is 0 Å². The minimum atomic E-state index is -0.982. The van der Waals surface area contributed by atoms with E-state index >= 15 is 0 Å². The van der Waals surface area contributed by atoms with Gasteiger partial charge in [0.1, 0.15) is 5.02 Å². The van der Waals surface area contributed by atoms with E-state index in [0.717, 1.165) is 6.07 Å². The molecule has 1 aromatic rings. The van der Waals surface area contributed by atoms with E-state index in [2.05, 4.69) is 0 Å². The van der Waals surface area contributed by atoms with Crippen LogP contribution in [-0.4, -0.2) is 21.8 Å². The molecule has 0 fully saturated rings. The van der Waals surface area contributed by atoms with Crippen LogP contribution in [-0.2, 0) is 4.79 Å². The topological polar surface area (TPSA) is 97.5 Å². The number of Topliss-reactive ketones (excluding diaryl/α,β-unsaturated/α-hetero) is 1. The molecule has 0 radical (unpaired) electrons. The van der Waals surface area contributed by atoms with Gasteiger partial charge in [-0.1, -0.05) is 11.6 Å². The largest absolute Gasteiger partial charge is 0.481 e. The summed E-state index contributed by atoms with van der Waals surface area (Å²) in [6.45, 7) is 0. The number of benzene rings is 1. The fourth-order valence-corrected chi connectivity index (χ4v) is 1.56. The first-order valence-corrected chi connectivity index (χ1v) is 5.48. The van der Waals surface area contributed by atoms with E-state index in [9.17, 15) is 19.7 Å². The summed E-state index contributed by atoms with van der Waals surface area (Å²) in [5.74, 6) is -1.32. The Labute approximate surface area is 107 Å². The molecule has 1 N–H and O–H groups in total. The van der Waals surface area contributed by atoms with Gasteiger partial charge in [-0.2, -0.15) is 0 Å². The Balaban J connectivity index is 2.77. The van der Waals surface area contributed by atoms with E-state index in [1.165, 1.54) is 12.1 Å². The quantitative estimate of drug-likeness (QED) is 0.487. The Morgan fingerprint density at radius 1 is 1.33 bits per heavy atom. The van der Waals surface area contributed by atoms with Gasteiger partial charge in [-0.05, 0) is 18.6 Å². The van der Waals surface area contributed by atoms with Gasteiger partial charge in [0.05, 0.1) is 4.92 Å². The maximum absolute atomic E-state index is 11.7. The first-order valence-electron chi connectivity index (χ1n) is 5.10. The molecule has 0 atom stereocenters. The SMILES string of the molecule is O=C(O)CCCC(=O)c1ccc(Cl)c([N+](=O)[O-])c1. The monoisotopic (exact) mass is 271 g/mol. The number of nitrogens with zero attached hydrogens (tertiary/aromatic N) is 1. The molecule has 0 heterocycles. The van der Waals surface area contributed by atoms with Crippen molar-refractivity contribution in [2.45, 2.75) is 19.3 Å². The van der Waals surface area contributed by atoms with Gasteiger partial charge in [0.2, 0.25) is 0 Å². The fourth-order valence-electron chi connectivity index (χ4n) is 1.37. The Bertz CT molecular complexity index is 500. The van der Waals surface area contributed by atoms with Gasteiger partial charge in [-0.3, -0.25) is 19.7 Å². The van der Waals surface area contributed by atoms with Gasteiger partial charge < -0.3 is 5.11 Å². The Morgan fingerprint density at radius 2 is 2.00 bits per heavy atom. The lowest BCUT2D eigenvalue weighted by atomic mass is 10.0. The van der Waals surface area contributed by atoms with Gasteiger partial charge in [0.15, 0.2) is 5.78 Å². The van der Waals surface area contributed by atoms with E-state index in [-0.39, 0.29) is 41.3 Å². The smallest absolute Gasteiger partial charge is 0.303 e. The van der Waals surface area contributed by atoms with Gasteiger partial charge >= 0.3 is 5.97 Å². The van der Waals surface area contributed by atoms with Crippen LogP contribution in [0.5, 0.6) is 0 Å². The number of carbonyl (C=O) groups is 2. The zero-order chi connectivity index (χ0) is 13.7. The summed E-state index contributed by atoms with van der Waals surface area (Å²) in [5.41, 5.74) is -0.169. The van der Waals surface area contributed by atoms with Gasteiger partial charge in [0, 0.05) is 24.5 Å². The molecule has 1 rings (SSSR count). The summed E-state index contributed by atoms with van der Waals surface area (Å²) in [7, 11) is 0. The van der Waals surface area contributed by atoms with Crippen molar-refractivity contribution < 1.29 is 19.6 Å². The fraction of sp³-hybridized carbons (Fsp3) is 0.273. The predicted octanol–water partition coefficient (Wildman–Crippen LogP) is 2.69. The van der Waals surface area contributed by atoms with Crippen LogP contribution in [0.4, 0.5) is 5.69 Å². The second kappa shape index (κ2) is 6.11. The number of carboxylic acid groups (broad SMARTS) is 1. The maximum Gasteiger partial charge on any atom is 0.303 e. The molecule has 0 saturated heterocycles. The lowest BCUT2D eigenvalue weighted by molar-refractivity contribution is -0.384. The molecule has 0 aromatic heterocycles. The summed E-state index contributed by atoms with van der Waals surface area (Å²) in [4.78, 5) is 31.9. The van der Waals surface area contributed by atoms with E-state index in [4.69, 9.17) is 16.7 Å². The molecule has 0 aliphatic rings. The summed E-state index contributed by atoms with van der Waals surface area (Å²) in [5, 5.41) is 19.0. The normalized spacial score (nSPS) is 10.1. The number of hydrogen-bond donors (Lipinski definition) is 1. The highest BCUT2D eigenvalue weighted by molar-refractivity contribution is 6.32. The third-order valence-corrected chi connectivity index (χ3v) is 2.58. The van der Waals surface area contributed by atoms with Crippen LogP contribution in [0.15, 0.2) is 18.2 Å². The first-order chi connectivity index (χ1) is 8.41. The molecule has 0 aliphatic heterocycles. The lowest BCUT2D eigenvalue weighted by Gasteiger charge is -2.01. The van der Waals surface area contributed by atoms with Gasteiger partial charge in [0.25, 0.3) is 5.69 Å². The molecular formula is C11H10ClNO5. The van der Waals surface area contributed by atoms with Crippen molar-refractivity contribution in [1.29, 1.82) is 0 Å². The van der Waals surface area contributed by atoms with Crippen molar-refractivity contribution in [2.24, 2.45) is 0 Å². The molecule has 0 unspecified atom stereocenters. The molecule has 0 amide bonds. The number of nitro groups is 1. The Hall–Kier alpha value is -1.95. The number of carbonyl (C=O) groups excluding carboxylic acids is 1. The number of rotatable bonds is 6. The molecule has 0 bridgehead atoms. The standard InChI is InChI=1S/C11H10ClNO5/c12-8-5-4-7(6-9(8)13(17)18)10(14)2-1-3-11(15)16/h4-6H,1-3H2,(H,15,16). The van der Waals surface area contributed by atoms with Crippen LogP contribution in [0.3, 0.4) is 0 Å². The average Bonchev–Trinajstić information content (AvgIpc) is 2.28.